The first-order valence-corrected chi connectivity index (χ1v) is 5.42. The Kier molecular flexibility index (Phi) is 14.7. The van der Waals surface area contributed by atoms with Crippen LogP contribution in [0, 0.1) is 5.41 Å². The van der Waals surface area contributed by atoms with Gasteiger partial charge in [0.1, 0.15) is 6.29 Å². The summed E-state index contributed by atoms with van der Waals surface area (Å²) in [5.41, 5.74) is -0.139. The van der Waals surface area contributed by atoms with Crippen LogP contribution in [0.3, 0.4) is 0 Å². The van der Waals surface area contributed by atoms with Crippen LogP contribution in [0.5, 0.6) is 0 Å². The van der Waals surface area contributed by atoms with Crippen molar-refractivity contribution in [2.75, 3.05) is 0 Å². The summed E-state index contributed by atoms with van der Waals surface area (Å²) in [6, 6.07) is 0.275. The van der Waals surface area contributed by atoms with Gasteiger partial charge >= 0.3 is 0 Å². The van der Waals surface area contributed by atoms with Gasteiger partial charge in [-0.2, -0.15) is 0 Å². The average Bonchev–Trinajstić information content (AvgIpc) is 2.05. The van der Waals surface area contributed by atoms with Gasteiger partial charge in [0.05, 0.1) is 0 Å². The molecule has 3 nitrogen and oxygen atoms in total. The van der Waals surface area contributed by atoms with Gasteiger partial charge < -0.3 is 10.1 Å². The largest absolute Gasteiger partial charge is 0.354 e. The quantitative estimate of drug-likeness (QED) is 0.686. The van der Waals surface area contributed by atoms with Gasteiger partial charge in [0.15, 0.2) is 0 Å². The lowest BCUT2D eigenvalue weighted by atomic mass is 10.0. The molecule has 0 aromatic rings. The molecule has 0 heterocycles. The summed E-state index contributed by atoms with van der Waals surface area (Å²) in [4.78, 5) is 20.0. The van der Waals surface area contributed by atoms with Crippen molar-refractivity contribution in [3.8, 4) is 0 Å². The Morgan fingerprint density at radius 2 is 1.47 bits per heavy atom. The zero-order chi connectivity index (χ0) is 13.1. The van der Waals surface area contributed by atoms with Gasteiger partial charge in [-0.15, -0.1) is 0 Å². The maximum Gasteiger partial charge on any atom is 0.217 e. The first kappa shape index (κ1) is 19.7. The standard InChI is InChI=1S/C5H11NO.C5H10O.C2H6/c1-4(2)6-5(3)7;1-5(2,3)4-6;1-2/h4H,1-3H3,(H,6,7);4H,1-3H3;1-2H3. The monoisotopic (exact) mass is 217 g/mol. The Bertz CT molecular complexity index is 157. The molecule has 0 saturated carbocycles. The Labute approximate surface area is 94.6 Å². The number of hydrogen-bond acceptors (Lipinski definition) is 2. The predicted molar refractivity (Wildman–Crippen MR) is 65.8 cm³/mol. The highest BCUT2D eigenvalue weighted by molar-refractivity contribution is 5.73. The lowest BCUT2D eigenvalue weighted by Crippen LogP contribution is -2.27. The SMILES string of the molecule is CC.CC(=O)NC(C)C.CC(C)(C)C=O. The molecule has 0 aliphatic heterocycles. The van der Waals surface area contributed by atoms with Crippen LogP contribution < -0.4 is 5.32 Å². The summed E-state index contributed by atoms with van der Waals surface area (Å²) >= 11 is 0. The Morgan fingerprint density at radius 1 is 1.20 bits per heavy atom. The number of nitrogens with one attached hydrogen (secondary N) is 1. The maximum atomic E-state index is 10.1. The molecule has 15 heavy (non-hydrogen) atoms. The Hall–Kier alpha value is -0.860. The van der Waals surface area contributed by atoms with E-state index in [2.05, 4.69) is 5.32 Å². The fourth-order valence-corrected chi connectivity index (χ4v) is 0.407. The van der Waals surface area contributed by atoms with E-state index in [1.807, 2.05) is 48.5 Å². The van der Waals surface area contributed by atoms with Crippen molar-refractivity contribution >= 4 is 12.2 Å². The second-order valence-electron chi connectivity index (χ2n) is 4.34. The third-order valence-corrected chi connectivity index (χ3v) is 0.845. The van der Waals surface area contributed by atoms with Crippen LogP contribution in [0.2, 0.25) is 0 Å². The van der Waals surface area contributed by atoms with Crippen molar-refractivity contribution < 1.29 is 9.59 Å². The van der Waals surface area contributed by atoms with E-state index in [9.17, 15) is 9.59 Å². The minimum absolute atomic E-state index is 0.0370. The summed E-state index contributed by atoms with van der Waals surface area (Å²) in [6.45, 7) is 15.0. The second kappa shape index (κ2) is 11.2. The smallest absolute Gasteiger partial charge is 0.217 e. The molecule has 0 aliphatic rings. The van der Waals surface area contributed by atoms with E-state index in [1.165, 1.54) is 6.92 Å². The topological polar surface area (TPSA) is 46.2 Å². The lowest BCUT2D eigenvalue weighted by Gasteiger charge is -2.03. The number of aldehydes is 1. The molecule has 3 heteroatoms. The molecule has 0 rings (SSSR count). The van der Waals surface area contributed by atoms with Crippen LogP contribution in [0.25, 0.3) is 0 Å². The Morgan fingerprint density at radius 3 is 1.47 bits per heavy atom. The average molecular weight is 217 g/mol. The fourth-order valence-electron chi connectivity index (χ4n) is 0.407. The van der Waals surface area contributed by atoms with E-state index in [0.717, 1.165) is 6.29 Å². The van der Waals surface area contributed by atoms with Gasteiger partial charge in [0.25, 0.3) is 0 Å². The minimum atomic E-state index is -0.139. The van der Waals surface area contributed by atoms with Crippen molar-refractivity contribution in [1.82, 2.24) is 5.32 Å². The molecule has 0 fully saturated rings. The molecule has 0 aliphatic carbocycles. The van der Waals surface area contributed by atoms with Gasteiger partial charge in [-0.3, -0.25) is 4.79 Å². The number of rotatable bonds is 1. The predicted octanol–water partition coefficient (Wildman–Crippen LogP) is 2.79. The number of carbonyl (C=O) groups excluding carboxylic acids is 2. The molecular formula is C12H27NO2. The van der Waals surface area contributed by atoms with E-state index >= 15 is 0 Å². The van der Waals surface area contributed by atoms with E-state index < -0.39 is 0 Å². The van der Waals surface area contributed by atoms with Crippen molar-refractivity contribution in [3.05, 3.63) is 0 Å². The third-order valence-electron chi connectivity index (χ3n) is 0.845. The van der Waals surface area contributed by atoms with E-state index in [4.69, 9.17) is 0 Å². The molecule has 0 radical (unpaired) electrons. The maximum absolute atomic E-state index is 10.1. The molecule has 0 atom stereocenters. The van der Waals surface area contributed by atoms with Crippen molar-refractivity contribution in [2.45, 2.75) is 61.4 Å². The minimum Gasteiger partial charge on any atom is -0.354 e. The summed E-state index contributed by atoms with van der Waals surface area (Å²) in [5.74, 6) is 0.0370. The third kappa shape index (κ3) is 43.3. The molecule has 0 spiro atoms. The summed E-state index contributed by atoms with van der Waals surface area (Å²) < 4.78 is 0. The van der Waals surface area contributed by atoms with E-state index in [-0.39, 0.29) is 17.4 Å². The summed E-state index contributed by atoms with van der Waals surface area (Å²) in [6.07, 6.45) is 0.938. The molecular weight excluding hydrogens is 190 g/mol. The van der Waals surface area contributed by atoms with Gasteiger partial charge in [-0.25, -0.2) is 0 Å². The number of amides is 1. The first-order chi connectivity index (χ1) is 6.69. The van der Waals surface area contributed by atoms with Crippen molar-refractivity contribution in [2.24, 2.45) is 5.41 Å². The van der Waals surface area contributed by atoms with Crippen molar-refractivity contribution in [3.63, 3.8) is 0 Å². The number of hydrogen-bond donors (Lipinski definition) is 1. The summed E-state index contributed by atoms with van der Waals surface area (Å²) in [5, 5.41) is 2.67. The molecule has 0 aromatic carbocycles. The fraction of sp³-hybridized carbons (Fsp3) is 0.833. The van der Waals surface area contributed by atoms with Crippen molar-refractivity contribution in [1.29, 1.82) is 0 Å². The van der Waals surface area contributed by atoms with Crippen LogP contribution in [0.1, 0.15) is 55.4 Å². The summed E-state index contributed by atoms with van der Waals surface area (Å²) in [7, 11) is 0. The highest BCUT2D eigenvalue weighted by Crippen LogP contribution is 2.05. The second-order valence-corrected chi connectivity index (χ2v) is 4.34. The highest BCUT2D eigenvalue weighted by atomic mass is 16.1. The van der Waals surface area contributed by atoms with Crippen LogP contribution in [0.15, 0.2) is 0 Å². The van der Waals surface area contributed by atoms with Crippen LogP contribution in [-0.2, 0) is 9.59 Å². The zero-order valence-electron chi connectivity index (χ0n) is 11.5. The molecule has 0 unspecified atom stereocenters. The molecule has 1 amide bonds. The van der Waals surface area contributed by atoms with Gasteiger partial charge in [0.2, 0.25) is 5.91 Å². The van der Waals surface area contributed by atoms with Crippen LogP contribution in [-0.4, -0.2) is 18.2 Å². The van der Waals surface area contributed by atoms with Gasteiger partial charge in [-0.05, 0) is 13.8 Å². The van der Waals surface area contributed by atoms with Gasteiger partial charge in [-0.1, -0.05) is 34.6 Å². The van der Waals surface area contributed by atoms with E-state index in [1.54, 1.807) is 0 Å². The number of carbonyl (C=O) groups is 2. The van der Waals surface area contributed by atoms with Crippen LogP contribution in [0.4, 0.5) is 0 Å². The van der Waals surface area contributed by atoms with E-state index in [0.29, 0.717) is 0 Å². The normalized spacial score (nSPS) is 9.13. The molecule has 0 saturated heterocycles. The Balaban J connectivity index is -0.000000166. The highest BCUT2D eigenvalue weighted by Gasteiger charge is 2.04. The molecule has 0 bridgehead atoms. The van der Waals surface area contributed by atoms with Crippen LogP contribution >= 0.6 is 0 Å². The first-order valence-electron chi connectivity index (χ1n) is 5.42. The molecule has 92 valence electrons. The lowest BCUT2D eigenvalue weighted by molar-refractivity contribution is -0.119. The molecule has 0 aromatic heterocycles. The molecule has 1 N–H and O–H groups in total. The van der Waals surface area contributed by atoms with Gasteiger partial charge in [0, 0.05) is 18.4 Å². The zero-order valence-corrected chi connectivity index (χ0v) is 11.5.